The van der Waals surface area contributed by atoms with Crippen LogP contribution in [-0.4, -0.2) is 65.8 Å². The molecule has 0 saturated carbocycles. The molecule has 0 N–H and O–H groups in total. The van der Waals surface area contributed by atoms with Gasteiger partial charge in [0.05, 0.1) is 25.1 Å². The molecule has 6 nitrogen and oxygen atoms in total. The minimum absolute atomic E-state index is 0.0427. The van der Waals surface area contributed by atoms with Crippen LogP contribution in [0.1, 0.15) is 30.4 Å². The van der Waals surface area contributed by atoms with Gasteiger partial charge in [-0.3, -0.25) is 14.5 Å². The molecule has 0 radical (unpaired) electrons. The Kier molecular flexibility index (Phi) is 5.89. The van der Waals surface area contributed by atoms with E-state index in [2.05, 4.69) is 18.2 Å². The molecule has 26 heavy (non-hydrogen) atoms. The maximum Gasteiger partial charge on any atom is 0.240 e. The molecule has 0 aliphatic carbocycles. The van der Waals surface area contributed by atoms with Crippen LogP contribution >= 0.6 is 0 Å². The first-order valence-corrected chi connectivity index (χ1v) is 9.30. The van der Waals surface area contributed by atoms with E-state index >= 15 is 0 Å². The number of hydrogen-bond acceptors (Lipinski definition) is 4. The van der Waals surface area contributed by atoms with Crippen LogP contribution < -0.4 is 0 Å². The van der Waals surface area contributed by atoms with Crippen LogP contribution in [0.4, 0.5) is 0 Å². The Morgan fingerprint density at radius 1 is 1.23 bits per heavy atom. The maximum atomic E-state index is 13.1. The Bertz CT molecular complexity index is 706. The third-order valence-corrected chi connectivity index (χ3v) is 5.37. The fraction of sp³-hybridized carbons (Fsp3) is 0.550. The average molecular weight is 354 g/mol. The zero-order valence-corrected chi connectivity index (χ0v) is 15.4. The number of likely N-dealkylation sites (N-methyl/N-ethyl adjacent to an activating group) is 1. The second kappa shape index (κ2) is 8.33. The summed E-state index contributed by atoms with van der Waals surface area (Å²) >= 11 is 0. The van der Waals surface area contributed by atoms with Gasteiger partial charge in [0.2, 0.25) is 11.8 Å². The van der Waals surface area contributed by atoms with Gasteiger partial charge in [-0.05, 0) is 30.4 Å². The molecule has 1 atom stereocenters. The van der Waals surface area contributed by atoms with Gasteiger partial charge >= 0.3 is 0 Å². The molecule has 1 fully saturated rings. The molecule has 1 saturated heterocycles. The predicted molar refractivity (Wildman–Crippen MR) is 98.0 cm³/mol. The van der Waals surface area contributed by atoms with Crippen LogP contribution in [-0.2, 0) is 22.6 Å². The lowest BCUT2D eigenvalue weighted by Gasteiger charge is -2.38. The number of hydrogen-bond donors (Lipinski definition) is 0. The average Bonchev–Trinajstić information content (AvgIpc) is 3.19. The summed E-state index contributed by atoms with van der Waals surface area (Å²) in [6, 6.07) is 9.95. The minimum Gasteiger partial charge on any atom is -0.344 e. The first-order chi connectivity index (χ1) is 12.6. The number of carbonyl (C=O) groups is 2. The van der Waals surface area contributed by atoms with Crippen molar-refractivity contribution in [1.29, 1.82) is 5.26 Å². The summed E-state index contributed by atoms with van der Waals surface area (Å²) in [5, 5.41) is 8.72. The molecule has 1 aromatic carbocycles. The summed E-state index contributed by atoms with van der Waals surface area (Å²) in [5.74, 6) is 0.100. The van der Waals surface area contributed by atoms with Gasteiger partial charge in [-0.15, -0.1) is 0 Å². The van der Waals surface area contributed by atoms with E-state index in [4.69, 9.17) is 5.26 Å². The van der Waals surface area contributed by atoms with Crippen molar-refractivity contribution in [2.24, 2.45) is 0 Å². The minimum atomic E-state index is -0.281. The van der Waals surface area contributed by atoms with Gasteiger partial charge in [0, 0.05) is 33.2 Å². The molecule has 2 aliphatic rings. The van der Waals surface area contributed by atoms with E-state index in [0.717, 1.165) is 25.9 Å². The molecule has 6 heteroatoms. The number of rotatable bonds is 5. The Morgan fingerprint density at radius 3 is 2.62 bits per heavy atom. The van der Waals surface area contributed by atoms with Gasteiger partial charge in [0.15, 0.2) is 0 Å². The maximum absolute atomic E-state index is 13.1. The molecule has 138 valence electrons. The molecule has 0 spiro atoms. The quantitative estimate of drug-likeness (QED) is 0.802. The SMILES string of the molecule is CN(CCC#N)C(=O)CN1Cc2ccccc2C[C@H]1C(=O)N1CCCC1. The topological polar surface area (TPSA) is 67.6 Å². The number of fused-ring (bicyclic) bond motifs is 1. The summed E-state index contributed by atoms with van der Waals surface area (Å²) < 4.78 is 0. The summed E-state index contributed by atoms with van der Waals surface area (Å²) in [5.41, 5.74) is 2.39. The van der Waals surface area contributed by atoms with Crippen LogP contribution in [0.15, 0.2) is 24.3 Å². The second-order valence-corrected chi connectivity index (χ2v) is 7.15. The van der Waals surface area contributed by atoms with Gasteiger partial charge in [0.1, 0.15) is 0 Å². The lowest BCUT2D eigenvalue weighted by molar-refractivity contribution is -0.139. The fourth-order valence-electron chi connectivity index (χ4n) is 3.77. The standard InChI is InChI=1S/C20H26N4O2/c1-22(10-6-9-21)19(25)15-24-14-17-8-3-2-7-16(17)13-18(24)20(26)23-11-4-5-12-23/h2-3,7-8,18H,4-6,10-15H2,1H3/t18-/m0/s1. The van der Waals surface area contributed by atoms with E-state index in [9.17, 15) is 9.59 Å². The zero-order valence-electron chi connectivity index (χ0n) is 15.4. The zero-order chi connectivity index (χ0) is 18.5. The molecule has 0 unspecified atom stereocenters. The molecular formula is C20H26N4O2. The number of nitrogens with zero attached hydrogens (tertiary/aromatic N) is 4. The van der Waals surface area contributed by atoms with E-state index < -0.39 is 0 Å². The highest BCUT2D eigenvalue weighted by atomic mass is 16.2. The number of nitriles is 1. The lowest BCUT2D eigenvalue weighted by Crippen LogP contribution is -2.53. The number of carbonyl (C=O) groups excluding carboxylic acids is 2. The van der Waals surface area contributed by atoms with Crippen molar-refractivity contribution in [3.8, 4) is 6.07 Å². The molecule has 1 aromatic rings. The normalized spacial score (nSPS) is 19.7. The van der Waals surface area contributed by atoms with Crippen molar-refractivity contribution < 1.29 is 9.59 Å². The predicted octanol–water partition coefficient (Wildman–Crippen LogP) is 1.41. The Hall–Kier alpha value is -2.39. The van der Waals surface area contributed by atoms with Crippen LogP contribution in [0, 0.1) is 11.3 Å². The van der Waals surface area contributed by atoms with E-state index in [0.29, 0.717) is 25.9 Å². The Morgan fingerprint density at radius 2 is 1.92 bits per heavy atom. The van der Waals surface area contributed by atoms with Gasteiger partial charge in [-0.2, -0.15) is 5.26 Å². The smallest absolute Gasteiger partial charge is 0.240 e. The summed E-state index contributed by atoms with van der Waals surface area (Å²) in [6.07, 6.45) is 3.09. The molecular weight excluding hydrogens is 328 g/mol. The van der Waals surface area contributed by atoms with Crippen molar-refractivity contribution in [3.05, 3.63) is 35.4 Å². The second-order valence-electron chi connectivity index (χ2n) is 7.15. The molecule has 2 aliphatic heterocycles. The van der Waals surface area contributed by atoms with E-state index in [1.54, 1.807) is 11.9 Å². The van der Waals surface area contributed by atoms with Crippen LogP contribution in [0.2, 0.25) is 0 Å². The van der Waals surface area contributed by atoms with Gasteiger partial charge < -0.3 is 9.80 Å². The van der Waals surface area contributed by atoms with Crippen molar-refractivity contribution in [3.63, 3.8) is 0 Å². The van der Waals surface area contributed by atoms with E-state index in [-0.39, 0.29) is 24.4 Å². The van der Waals surface area contributed by atoms with E-state index in [1.807, 2.05) is 21.9 Å². The fourth-order valence-corrected chi connectivity index (χ4v) is 3.77. The monoisotopic (exact) mass is 354 g/mol. The molecule has 3 rings (SSSR count). The number of benzene rings is 1. The molecule has 2 amide bonds. The number of likely N-dealkylation sites (tertiary alicyclic amines) is 1. The Labute approximate surface area is 155 Å². The third kappa shape index (κ3) is 4.05. The summed E-state index contributed by atoms with van der Waals surface area (Å²) in [4.78, 5) is 31.2. The summed E-state index contributed by atoms with van der Waals surface area (Å²) in [6.45, 7) is 2.88. The third-order valence-electron chi connectivity index (χ3n) is 5.37. The first kappa shape index (κ1) is 18.4. The van der Waals surface area contributed by atoms with Gasteiger partial charge in [-0.1, -0.05) is 24.3 Å². The lowest BCUT2D eigenvalue weighted by atomic mass is 9.93. The highest BCUT2D eigenvalue weighted by Crippen LogP contribution is 2.25. The molecule has 0 bridgehead atoms. The largest absolute Gasteiger partial charge is 0.344 e. The van der Waals surface area contributed by atoms with Crippen LogP contribution in [0.5, 0.6) is 0 Å². The highest BCUT2D eigenvalue weighted by Gasteiger charge is 2.36. The number of amides is 2. The van der Waals surface area contributed by atoms with Crippen LogP contribution in [0.3, 0.4) is 0 Å². The van der Waals surface area contributed by atoms with Crippen molar-refractivity contribution in [1.82, 2.24) is 14.7 Å². The molecule has 0 aromatic heterocycles. The molecule has 2 heterocycles. The van der Waals surface area contributed by atoms with Gasteiger partial charge in [0.25, 0.3) is 0 Å². The summed E-state index contributed by atoms with van der Waals surface area (Å²) in [7, 11) is 1.72. The van der Waals surface area contributed by atoms with Crippen molar-refractivity contribution in [2.75, 3.05) is 33.2 Å². The van der Waals surface area contributed by atoms with Crippen LogP contribution in [0.25, 0.3) is 0 Å². The highest BCUT2D eigenvalue weighted by molar-refractivity contribution is 5.84. The van der Waals surface area contributed by atoms with Gasteiger partial charge in [-0.25, -0.2) is 0 Å². The first-order valence-electron chi connectivity index (χ1n) is 9.30. The van der Waals surface area contributed by atoms with Crippen molar-refractivity contribution in [2.45, 2.75) is 38.3 Å². The van der Waals surface area contributed by atoms with E-state index in [1.165, 1.54) is 11.1 Å². The Balaban J connectivity index is 1.76. The van der Waals surface area contributed by atoms with Crippen molar-refractivity contribution >= 4 is 11.8 Å².